The van der Waals surface area contributed by atoms with Crippen molar-refractivity contribution in [2.45, 2.75) is 52.7 Å². The third kappa shape index (κ3) is 38.2. The third-order valence-corrected chi connectivity index (χ3v) is 1.48. The van der Waals surface area contributed by atoms with Crippen molar-refractivity contribution < 1.29 is 26.2 Å². The normalized spacial score (nSPS) is 12.0. The first-order valence-electron chi connectivity index (χ1n) is 5.26. The molecule has 101 valence electrons. The van der Waals surface area contributed by atoms with Crippen molar-refractivity contribution in [2.75, 3.05) is 0 Å². The van der Waals surface area contributed by atoms with Gasteiger partial charge in [0.15, 0.2) is 0 Å². The Morgan fingerprint density at radius 3 is 1.82 bits per heavy atom. The minimum atomic E-state index is 0. The Morgan fingerprint density at radius 1 is 1.41 bits per heavy atom. The molecule has 1 nitrogen and oxygen atoms in total. The van der Waals surface area contributed by atoms with Gasteiger partial charge in [-0.2, -0.15) is 6.08 Å². The van der Waals surface area contributed by atoms with Gasteiger partial charge in [0, 0.05) is 9.52 Å². The molecule has 1 atom stereocenters. The fraction of sp³-hybridized carbons (Fsp3) is 0.667. The molecular formula is C12H26Cl2NSiZr. The molecule has 0 spiro atoms. The molecule has 5 heteroatoms. The van der Waals surface area contributed by atoms with E-state index in [0.717, 1.165) is 22.4 Å². The number of nitrogens with one attached hydrogen (secondary N) is 1. The van der Waals surface area contributed by atoms with Crippen LogP contribution < -0.4 is 0 Å². The van der Waals surface area contributed by atoms with Gasteiger partial charge in [-0.05, 0) is 0 Å². The van der Waals surface area contributed by atoms with Crippen LogP contribution >= 0.6 is 24.8 Å². The minimum absolute atomic E-state index is 0. The molecule has 0 aromatic rings. The van der Waals surface area contributed by atoms with Crippen LogP contribution in [0.15, 0.2) is 17.7 Å². The molecule has 0 saturated heterocycles. The topological polar surface area (TPSA) is 23.8 Å². The van der Waals surface area contributed by atoms with Crippen LogP contribution in [0.3, 0.4) is 0 Å². The summed E-state index contributed by atoms with van der Waals surface area (Å²) in [6.45, 7) is 10.4. The summed E-state index contributed by atoms with van der Waals surface area (Å²) in [4.78, 5) is 0. The first-order valence-corrected chi connectivity index (χ1v) is 7.57. The molecule has 1 rings (SSSR count). The maximum atomic E-state index is 6.83. The molecule has 0 aliphatic heterocycles. The number of hydrogen-bond acceptors (Lipinski definition) is 0. The summed E-state index contributed by atoms with van der Waals surface area (Å²) in [5.41, 5.74) is 8.17. The van der Waals surface area contributed by atoms with E-state index in [4.69, 9.17) is 5.73 Å². The van der Waals surface area contributed by atoms with Crippen LogP contribution in [0.2, 0.25) is 13.1 Å². The predicted molar refractivity (Wildman–Crippen MR) is 83.6 cm³/mol. The minimum Gasteiger partial charge on any atom is -0.675 e. The molecule has 1 unspecified atom stereocenters. The molecule has 0 heterocycles. The summed E-state index contributed by atoms with van der Waals surface area (Å²) in [6, 6.07) is 0.134. The predicted octanol–water partition coefficient (Wildman–Crippen LogP) is 4.89. The van der Waals surface area contributed by atoms with Gasteiger partial charge in [-0.1, -0.05) is 33.4 Å². The molecule has 1 aliphatic rings. The van der Waals surface area contributed by atoms with Crippen LogP contribution in [0.25, 0.3) is 5.73 Å². The molecule has 1 aliphatic carbocycles. The second kappa shape index (κ2) is 25.8. The van der Waals surface area contributed by atoms with Gasteiger partial charge >= 0.3 is 26.2 Å². The van der Waals surface area contributed by atoms with Crippen molar-refractivity contribution in [1.82, 2.24) is 0 Å². The van der Waals surface area contributed by atoms with Crippen molar-refractivity contribution in [3.63, 3.8) is 0 Å². The Kier molecular flexibility index (Phi) is 46.9. The molecule has 0 bridgehead atoms. The molecule has 17 heavy (non-hydrogen) atoms. The van der Waals surface area contributed by atoms with Crippen LogP contribution in [0.5, 0.6) is 0 Å². The second-order valence-corrected chi connectivity index (χ2v) is 4.54. The standard InChI is InChI=1S/C6H7.C4H10N.C2H7Si.2ClH.Zr/c1-6-4-2-3-5-6;1-3-4(2)5;1-3-2;;;/h4-5H,2H2,1H3;4-5H,3H2,1-2H3;3H,1-2H3;2*1H;/q2*-1;;;;+2. The summed E-state index contributed by atoms with van der Waals surface area (Å²) < 4.78 is 0. The molecule has 0 aromatic heterocycles. The SMILES string of the molecule is CC1=CC[C-]=C1.CCC(C)[NH-].C[SiH]C.Cl.Cl.[Zr+2]. The van der Waals surface area contributed by atoms with E-state index in [-0.39, 0.29) is 57.1 Å². The monoisotopic (exact) mass is 372 g/mol. The smallest absolute Gasteiger partial charge is 0.675 e. The van der Waals surface area contributed by atoms with Gasteiger partial charge in [-0.25, -0.2) is 11.6 Å². The maximum absolute atomic E-state index is 6.83. The van der Waals surface area contributed by atoms with Gasteiger partial charge in [0.1, 0.15) is 0 Å². The van der Waals surface area contributed by atoms with E-state index >= 15 is 0 Å². The number of halogens is 2. The van der Waals surface area contributed by atoms with Crippen molar-refractivity contribution in [1.29, 1.82) is 0 Å². The first kappa shape index (κ1) is 30.9. The van der Waals surface area contributed by atoms with Crippen molar-refractivity contribution in [2.24, 2.45) is 0 Å². The van der Waals surface area contributed by atoms with Gasteiger partial charge < -0.3 is 5.73 Å². The molecule has 0 aromatic carbocycles. The van der Waals surface area contributed by atoms with E-state index in [1.54, 1.807) is 0 Å². The molecule has 1 radical (unpaired) electrons. The first-order chi connectivity index (χ1) is 6.58. The van der Waals surface area contributed by atoms with E-state index in [1.165, 1.54) is 5.57 Å². The largest absolute Gasteiger partial charge is 2.00 e. The summed E-state index contributed by atoms with van der Waals surface area (Å²) in [5.74, 6) is 0. The molecule has 0 fully saturated rings. The Hall–Kier alpha value is 1.12. The summed E-state index contributed by atoms with van der Waals surface area (Å²) in [7, 11) is 0.750. The third-order valence-electron chi connectivity index (χ3n) is 1.48. The van der Waals surface area contributed by atoms with E-state index < -0.39 is 0 Å². The molecule has 1 N–H and O–H groups in total. The number of allylic oxidation sites excluding steroid dienone is 4. The fourth-order valence-electron chi connectivity index (χ4n) is 0.499. The number of rotatable bonds is 1. The van der Waals surface area contributed by atoms with E-state index in [1.807, 2.05) is 19.9 Å². The zero-order chi connectivity index (χ0) is 11.4. The summed E-state index contributed by atoms with van der Waals surface area (Å²) >= 11 is 0. The number of hydrogen-bond donors (Lipinski definition) is 0. The Labute approximate surface area is 142 Å². The zero-order valence-electron chi connectivity index (χ0n) is 11.5. The fourth-order valence-corrected chi connectivity index (χ4v) is 0.499. The molecule has 0 amide bonds. The molecular weight excluding hydrogens is 348 g/mol. The van der Waals surface area contributed by atoms with E-state index in [2.05, 4.69) is 32.2 Å². The van der Waals surface area contributed by atoms with Gasteiger partial charge in [-0.15, -0.1) is 44.2 Å². The van der Waals surface area contributed by atoms with Crippen LogP contribution in [0.4, 0.5) is 0 Å². The van der Waals surface area contributed by atoms with Gasteiger partial charge in [0.25, 0.3) is 0 Å². The van der Waals surface area contributed by atoms with E-state index in [0.29, 0.717) is 0 Å². The summed E-state index contributed by atoms with van der Waals surface area (Å²) in [5, 5.41) is 0. The maximum Gasteiger partial charge on any atom is 2.00 e. The van der Waals surface area contributed by atoms with Crippen molar-refractivity contribution in [3.05, 3.63) is 29.5 Å². The zero-order valence-corrected chi connectivity index (χ0v) is 16.8. The Morgan fingerprint density at radius 2 is 1.76 bits per heavy atom. The van der Waals surface area contributed by atoms with Gasteiger partial charge in [-0.3, -0.25) is 6.08 Å². The van der Waals surface area contributed by atoms with Crippen LogP contribution in [-0.4, -0.2) is 15.6 Å². The average molecular weight is 375 g/mol. The van der Waals surface area contributed by atoms with Crippen LogP contribution in [-0.2, 0) is 26.2 Å². The van der Waals surface area contributed by atoms with Crippen molar-refractivity contribution in [3.8, 4) is 0 Å². The second-order valence-electron chi connectivity index (χ2n) is 3.39. The van der Waals surface area contributed by atoms with Gasteiger partial charge in [0.2, 0.25) is 0 Å². The Balaban J connectivity index is -0.0000000409. The molecule has 0 saturated carbocycles. The van der Waals surface area contributed by atoms with E-state index in [9.17, 15) is 0 Å². The van der Waals surface area contributed by atoms with Crippen molar-refractivity contribution >= 4 is 34.3 Å². The van der Waals surface area contributed by atoms with Gasteiger partial charge in [0.05, 0.1) is 0 Å². The van der Waals surface area contributed by atoms with Crippen LogP contribution in [0.1, 0.15) is 33.6 Å². The Bertz CT molecular complexity index is 171. The quantitative estimate of drug-likeness (QED) is 0.461. The summed E-state index contributed by atoms with van der Waals surface area (Å²) in [6.07, 6.45) is 9.21. The average Bonchev–Trinajstić information content (AvgIpc) is 2.58. The van der Waals surface area contributed by atoms with Crippen LogP contribution in [0, 0.1) is 6.08 Å².